The number of aromatic nitrogens is 2. The van der Waals surface area contributed by atoms with Crippen LogP contribution in [-0.2, 0) is 0 Å². The highest BCUT2D eigenvalue weighted by atomic mass is 32.2. The Labute approximate surface area is 144 Å². The van der Waals surface area contributed by atoms with Gasteiger partial charge in [-0.25, -0.2) is 4.98 Å². The summed E-state index contributed by atoms with van der Waals surface area (Å²) in [4.78, 5) is 17.5. The van der Waals surface area contributed by atoms with E-state index in [0.717, 1.165) is 26.8 Å². The van der Waals surface area contributed by atoms with E-state index in [-0.39, 0.29) is 11.2 Å². The van der Waals surface area contributed by atoms with Crippen LogP contribution in [-0.4, -0.2) is 20.7 Å². The average molecular weight is 332 g/mol. The third-order valence-corrected chi connectivity index (χ3v) is 5.12. The molecule has 2 aromatic heterocycles. The third kappa shape index (κ3) is 2.49. The summed E-state index contributed by atoms with van der Waals surface area (Å²) in [5, 5.41) is 2.85. The van der Waals surface area contributed by atoms with E-state index in [1.165, 1.54) is 11.8 Å². The summed E-state index contributed by atoms with van der Waals surface area (Å²) in [5.41, 5.74) is 1.91. The van der Waals surface area contributed by atoms with Crippen LogP contribution in [0.5, 0.6) is 0 Å². The molecule has 0 saturated heterocycles. The minimum Gasteiger partial charge on any atom is -0.279 e. The van der Waals surface area contributed by atoms with Crippen molar-refractivity contribution < 1.29 is 4.79 Å². The average Bonchev–Trinajstić information content (AvgIpc) is 2.96. The van der Waals surface area contributed by atoms with E-state index in [1.54, 1.807) is 6.20 Å². The zero-order valence-electron chi connectivity index (χ0n) is 13.2. The molecule has 3 nitrogen and oxygen atoms in total. The molecule has 0 saturated carbocycles. The molecule has 0 amide bonds. The summed E-state index contributed by atoms with van der Waals surface area (Å²) < 4.78 is 1.84. The van der Waals surface area contributed by atoms with Gasteiger partial charge >= 0.3 is 0 Å². The monoisotopic (exact) mass is 332 g/mol. The van der Waals surface area contributed by atoms with Gasteiger partial charge in [0.15, 0.2) is 0 Å². The second kappa shape index (κ2) is 6.13. The van der Waals surface area contributed by atoms with Crippen molar-refractivity contribution in [3.63, 3.8) is 0 Å². The maximum Gasteiger partial charge on any atom is 0.244 e. The van der Waals surface area contributed by atoms with Crippen molar-refractivity contribution in [3.8, 4) is 0 Å². The Kier molecular flexibility index (Phi) is 3.82. The Morgan fingerprint density at radius 2 is 1.50 bits per heavy atom. The number of benzene rings is 2. The molecule has 0 bridgehead atoms. The van der Waals surface area contributed by atoms with Crippen LogP contribution in [0.2, 0.25) is 0 Å². The highest BCUT2D eigenvalue weighted by Crippen LogP contribution is 2.31. The molecular weight excluding hydrogens is 316 g/mol. The molecule has 118 valence electrons. The lowest BCUT2D eigenvalue weighted by molar-refractivity contribution is 0.0925. The van der Waals surface area contributed by atoms with Crippen LogP contribution < -0.4 is 0 Å². The maximum atomic E-state index is 13.2. The molecule has 4 aromatic rings. The predicted molar refractivity (Wildman–Crippen MR) is 99.6 cm³/mol. The van der Waals surface area contributed by atoms with Crippen LogP contribution in [0.1, 0.15) is 11.7 Å². The third-order valence-electron chi connectivity index (χ3n) is 4.08. The van der Waals surface area contributed by atoms with Crippen LogP contribution in [0.25, 0.3) is 21.8 Å². The number of carbonyl (C=O) groups is 1. The lowest BCUT2D eigenvalue weighted by Gasteiger charge is -2.12. The second-order valence-corrected chi connectivity index (χ2v) is 7.00. The Hall–Kier alpha value is -2.59. The van der Waals surface area contributed by atoms with Crippen molar-refractivity contribution in [3.05, 3.63) is 72.9 Å². The number of rotatable bonds is 3. The van der Waals surface area contributed by atoms with Crippen molar-refractivity contribution >= 4 is 39.5 Å². The van der Waals surface area contributed by atoms with Crippen LogP contribution >= 0.6 is 11.8 Å². The quantitative estimate of drug-likeness (QED) is 0.495. The SMILES string of the molecule is CC(Sc1ccccn1)C(=O)n1c2ccccc2c2ccccc21. The molecule has 1 unspecified atom stereocenters. The second-order valence-electron chi connectivity index (χ2n) is 5.64. The van der Waals surface area contributed by atoms with Crippen molar-refractivity contribution in [2.75, 3.05) is 0 Å². The number of hydrogen-bond acceptors (Lipinski definition) is 3. The van der Waals surface area contributed by atoms with E-state index in [9.17, 15) is 4.79 Å². The minimum absolute atomic E-state index is 0.0723. The topological polar surface area (TPSA) is 34.9 Å². The summed E-state index contributed by atoms with van der Waals surface area (Å²) in [6.07, 6.45) is 1.75. The summed E-state index contributed by atoms with van der Waals surface area (Å²) in [6, 6.07) is 21.9. The molecule has 0 spiro atoms. The summed E-state index contributed by atoms with van der Waals surface area (Å²) in [6.45, 7) is 1.94. The largest absolute Gasteiger partial charge is 0.279 e. The fraction of sp³-hybridized carbons (Fsp3) is 0.100. The molecule has 2 heterocycles. The van der Waals surface area contributed by atoms with E-state index in [1.807, 2.05) is 66.1 Å². The Morgan fingerprint density at radius 1 is 0.917 bits per heavy atom. The molecule has 24 heavy (non-hydrogen) atoms. The standard InChI is InChI=1S/C20H16N2OS/c1-14(24-19-12-6-7-13-21-19)20(23)22-17-10-4-2-8-15(17)16-9-3-5-11-18(16)22/h2-14H,1H3. The minimum atomic E-state index is -0.223. The van der Waals surface area contributed by atoms with Gasteiger partial charge < -0.3 is 0 Å². The molecule has 0 aliphatic rings. The number of fused-ring (bicyclic) bond motifs is 3. The lowest BCUT2D eigenvalue weighted by Crippen LogP contribution is -2.21. The summed E-state index contributed by atoms with van der Waals surface area (Å²) in [5.74, 6) is 0.0723. The van der Waals surface area contributed by atoms with Crippen molar-refractivity contribution in [1.82, 2.24) is 9.55 Å². The fourth-order valence-corrected chi connectivity index (χ4v) is 3.84. The first-order valence-corrected chi connectivity index (χ1v) is 8.74. The van der Waals surface area contributed by atoms with E-state index in [0.29, 0.717) is 0 Å². The van der Waals surface area contributed by atoms with Gasteiger partial charge in [-0.3, -0.25) is 9.36 Å². The molecule has 1 atom stereocenters. The number of nitrogens with zero attached hydrogens (tertiary/aromatic N) is 2. The summed E-state index contributed by atoms with van der Waals surface area (Å²) in [7, 11) is 0. The van der Waals surface area contributed by atoms with Crippen LogP contribution in [0.4, 0.5) is 0 Å². The smallest absolute Gasteiger partial charge is 0.244 e. The van der Waals surface area contributed by atoms with Crippen LogP contribution in [0, 0.1) is 0 Å². The molecule has 0 aliphatic carbocycles. The van der Waals surface area contributed by atoms with Crippen molar-refractivity contribution in [2.45, 2.75) is 17.2 Å². The van der Waals surface area contributed by atoms with Gasteiger partial charge in [0.2, 0.25) is 5.91 Å². The molecular formula is C20H16N2OS. The molecule has 0 radical (unpaired) electrons. The van der Waals surface area contributed by atoms with E-state index >= 15 is 0 Å². The molecule has 4 rings (SSSR count). The van der Waals surface area contributed by atoms with Gasteiger partial charge in [-0.05, 0) is 31.2 Å². The Bertz CT molecular complexity index is 970. The molecule has 0 N–H and O–H groups in total. The predicted octanol–water partition coefficient (Wildman–Crippen LogP) is 5.01. The molecule has 4 heteroatoms. The molecule has 0 fully saturated rings. The van der Waals surface area contributed by atoms with Gasteiger partial charge in [-0.1, -0.05) is 54.2 Å². The van der Waals surface area contributed by atoms with Crippen molar-refractivity contribution in [2.24, 2.45) is 0 Å². The van der Waals surface area contributed by atoms with E-state index in [2.05, 4.69) is 17.1 Å². The molecule has 0 aliphatic heterocycles. The highest BCUT2D eigenvalue weighted by Gasteiger charge is 2.21. The Morgan fingerprint density at radius 3 is 2.08 bits per heavy atom. The first-order chi connectivity index (χ1) is 11.8. The van der Waals surface area contributed by atoms with E-state index < -0.39 is 0 Å². The van der Waals surface area contributed by atoms with Gasteiger partial charge in [-0.15, -0.1) is 0 Å². The first kappa shape index (κ1) is 15.0. The fourth-order valence-electron chi connectivity index (χ4n) is 2.99. The van der Waals surface area contributed by atoms with Crippen LogP contribution in [0.3, 0.4) is 0 Å². The number of pyridine rings is 1. The zero-order valence-corrected chi connectivity index (χ0v) is 14.0. The molecule has 2 aromatic carbocycles. The Balaban J connectivity index is 1.81. The number of thioether (sulfide) groups is 1. The van der Waals surface area contributed by atoms with Gasteiger partial charge in [0.25, 0.3) is 0 Å². The zero-order chi connectivity index (χ0) is 16.5. The number of hydrogen-bond donors (Lipinski definition) is 0. The van der Waals surface area contributed by atoms with Crippen LogP contribution in [0.15, 0.2) is 78.0 Å². The van der Waals surface area contributed by atoms with Gasteiger partial charge in [-0.2, -0.15) is 0 Å². The maximum absolute atomic E-state index is 13.2. The summed E-state index contributed by atoms with van der Waals surface area (Å²) >= 11 is 1.49. The highest BCUT2D eigenvalue weighted by molar-refractivity contribution is 8.00. The van der Waals surface area contributed by atoms with Gasteiger partial charge in [0.1, 0.15) is 0 Å². The number of para-hydroxylation sites is 2. The first-order valence-electron chi connectivity index (χ1n) is 7.86. The van der Waals surface area contributed by atoms with Gasteiger partial charge in [0, 0.05) is 17.0 Å². The van der Waals surface area contributed by atoms with Gasteiger partial charge in [0.05, 0.1) is 21.3 Å². The van der Waals surface area contributed by atoms with Crippen molar-refractivity contribution in [1.29, 1.82) is 0 Å². The van der Waals surface area contributed by atoms with E-state index in [4.69, 9.17) is 0 Å². The lowest BCUT2D eigenvalue weighted by atomic mass is 10.2. The number of carbonyl (C=O) groups excluding carboxylic acids is 1. The normalized spacial score (nSPS) is 12.5.